The first-order chi connectivity index (χ1) is 11.2. The number of rotatable bonds is 14. The van der Waals surface area contributed by atoms with Crippen LogP contribution in [0.2, 0.25) is 0 Å². The van der Waals surface area contributed by atoms with Crippen molar-refractivity contribution in [1.82, 2.24) is 0 Å². The van der Waals surface area contributed by atoms with Gasteiger partial charge < -0.3 is 23.7 Å². The van der Waals surface area contributed by atoms with Crippen molar-refractivity contribution in [2.75, 3.05) is 60.0 Å². The molecule has 0 atom stereocenters. The lowest BCUT2D eigenvalue weighted by atomic mass is 10.1. The van der Waals surface area contributed by atoms with Gasteiger partial charge in [-0.2, -0.15) is 0 Å². The molecule has 0 saturated carbocycles. The Balaban J connectivity index is 1.86. The molecule has 0 bridgehead atoms. The van der Waals surface area contributed by atoms with Crippen LogP contribution >= 0.6 is 0 Å². The summed E-state index contributed by atoms with van der Waals surface area (Å²) >= 11 is 0. The lowest BCUT2D eigenvalue weighted by molar-refractivity contribution is 0.00665. The Morgan fingerprint density at radius 2 is 1.35 bits per heavy atom. The van der Waals surface area contributed by atoms with E-state index in [1.807, 2.05) is 19.1 Å². The van der Waals surface area contributed by atoms with Gasteiger partial charge in [-0.25, -0.2) is 0 Å². The molecule has 0 radical (unpaired) electrons. The maximum Gasteiger partial charge on any atom is 0.122 e. The molecule has 0 N–H and O–H groups in total. The van der Waals surface area contributed by atoms with Crippen LogP contribution in [-0.4, -0.2) is 60.0 Å². The van der Waals surface area contributed by atoms with Gasteiger partial charge in [-0.05, 0) is 31.9 Å². The van der Waals surface area contributed by atoms with Crippen LogP contribution in [0.3, 0.4) is 0 Å². The maximum atomic E-state index is 5.69. The Kier molecular flexibility index (Phi) is 11.5. The second kappa shape index (κ2) is 13.3. The van der Waals surface area contributed by atoms with Crippen LogP contribution in [0.15, 0.2) is 18.2 Å². The average molecular weight is 326 g/mol. The minimum atomic E-state index is 0.548. The summed E-state index contributed by atoms with van der Waals surface area (Å²) in [6.45, 7) is 9.03. The summed E-state index contributed by atoms with van der Waals surface area (Å²) in [4.78, 5) is 0. The van der Waals surface area contributed by atoms with E-state index in [-0.39, 0.29) is 0 Å². The third kappa shape index (κ3) is 10.3. The number of methoxy groups -OCH3 is 1. The van der Waals surface area contributed by atoms with E-state index < -0.39 is 0 Å². The first-order valence-corrected chi connectivity index (χ1v) is 8.16. The molecule has 1 rings (SSSR count). The van der Waals surface area contributed by atoms with Crippen molar-refractivity contribution >= 4 is 0 Å². The summed E-state index contributed by atoms with van der Waals surface area (Å²) < 4.78 is 26.9. The fourth-order valence-corrected chi connectivity index (χ4v) is 2.02. The minimum Gasteiger partial charge on any atom is -0.491 e. The van der Waals surface area contributed by atoms with Crippen LogP contribution in [0.1, 0.15) is 17.5 Å². The number of aryl methyl sites for hydroxylation is 2. The molecule has 0 unspecified atom stereocenters. The second-order valence-corrected chi connectivity index (χ2v) is 5.30. The van der Waals surface area contributed by atoms with Crippen LogP contribution < -0.4 is 4.74 Å². The predicted octanol–water partition coefficient (Wildman–Crippen LogP) is 2.77. The number of benzene rings is 1. The zero-order chi connectivity index (χ0) is 16.8. The number of hydrogen-bond acceptors (Lipinski definition) is 5. The quantitative estimate of drug-likeness (QED) is 0.492. The van der Waals surface area contributed by atoms with Gasteiger partial charge in [0.25, 0.3) is 0 Å². The molecule has 0 heterocycles. The molecule has 0 aliphatic rings. The van der Waals surface area contributed by atoms with Crippen molar-refractivity contribution in [3.63, 3.8) is 0 Å². The van der Waals surface area contributed by atoms with E-state index in [1.165, 1.54) is 5.56 Å². The number of ether oxygens (including phenoxy) is 5. The van der Waals surface area contributed by atoms with Crippen LogP contribution in [0.5, 0.6) is 5.75 Å². The molecule has 23 heavy (non-hydrogen) atoms. The van der Waals surface area contributed by atoms with Crippen LogP contribution in [0.4, 0.5) is 0 Å². The Hall–Kier alpha value is -1.14. The van der Waals surface area contributed by atoms with E-state index >= 15 is 0 Å². The Morgan fingerprint density at radius 1 is 0.739 bits per heavy atom. The molecule has 0 aliphatic heterocycles. The van der Waals surface area contributed by atoms with Gasteiger partial charge in [-0.1, -0.05) is 17.7 Å². The van der Waals surface area contributed by atoms with Crippen molar-refractivity contribution in [3.8, 4) is 5.75 Å². The smallest absolute Gasteiger partial charge is 0.122 e. The topological polar surface area (TPSA) is 46.2 Å². The van der Waals surface area contributed by atoms with E-state index in [0.717, 1.165) is 24.3 Å². The summed E-state index contributed by atoms with van der Waals surface area (Å²) in [5.41, 5.74) is 2.39. The van der Waals surface area contributed by atoms with Gasteiger partial charge in [0.1, 0.15) is 12.4 Å². The summed E-state index contributed by atoms with van der Waals surface area (Å²) in [7, 11) is 1.69. The third-order valence-electron chi connectivity index (χ3n) is 3.20. The molecule has 1 aromatic carbocycles. The lowest BCUT2D eigenvalue weighted by Gasteiger charge is -2.10. The fraction of sp³-hybridized carbons (Fsp3) is 0.667. The molecule has 0 amide bonds. The van der Waals surface area contributed by atoms with E-state index in [1.54, 1.807) is 7.11 Å². The molecular formula is C18H30O5. The highest BCUT2D eigenvalue weighted by Gasteiger charge is 1.99. The van der Waals surface area contributed by atoms with Gasteiger partial charge >= 0.3 is 0 Å². The highest BCUT2D eigenvalue weighted by Crippen LogP contribution is 2.18. The van der Waals surface area contributed by atoms with Crippen molar-refractivity contribution in [2.24, 2.45) is 0 Å². The summed E-state index contributed by atoms with van der Waals surface area (Å²) in [6, 6.07) is 6.16. The second-order valence-electron chi connectivity index (χ2n) is 5.30. The van der Waals surface area contributed by atoms with Crippen molar-refractivity contribution in [1.29, 1.82) is 0 Å². The van der Waals surface area contributed by atoms with Gasteiger partial charge in [0, 0.05) is 20.3 Å². The van der Waals surface area contributed by atoms with Crippen LogP contribution in [0, 0.1) is 13.8 Å². The first-order valence-electron chi connectivity index (χ1n) is 8.16. The molecule has 5 heteroatoms. The molecule has 0 spiro atoms. The summed E-state index contributed by atoms with van der Waals surface area (Å²) in [6.07, 6.45) is 0.917. The van der Waals surface area contributed by atoms with Crippen molar-refractivity contribution in [3.05, 3.63) is 29.3 Å². The fourth-order valence-electron chi connectivity index (χ4n) is 2.02. The SMILES string of the molecule is COCCCOCCOCCOCCOc1ccc(C)cc1C. The van der Waals surface area contributed by atoms with E-state index in [0.29, 0.717) is 46.2 Å². The zero-order valence-corrected chi connectivity index (χ0v) is 14.6. The Labute approximate surface area is 139 Å². The minimum absolute atomic E-state index is 0.548. The molecule has 0 aliphatic carbocycles. The van der Waals surface area contributed by atoms with E-state index in [4.69, 9.17) is 23.7 Å². The van der Waals surface area contributed by atoms with Crippen molar-refractivity contribution < 1.29 is 23.7 Å². The van der Waals surface area contributed by atoms with Gasteiger partial charge in [0.15, 0.2) is 0 Å². The monoisotopic (exact) mass is 326 g/mol. The van der Waals surface area contributed by atoms with Crippen LogP contribution in [-0.2, 0) is 18.9 Å². The largest absolute Gasteiger partial charge is 0.491 e. The molecule has 5 nitrogen and oxygen atoms in total. The van der Waals surface area contributed by atoms with Crippen molar-refractivity contribution in [2.45, 2.75) is 20.3 Å². The standard InChI is InChI=1S/C18H30O5/c1-16-5-6-18(17(2)15-16)23-14-13-22-12-11-21-10-9-20-8-4-7-19-3/h5-6,15H,4,7-14H2,1-3H3. The predicted molar refractivity (Wildman–Crippen MR) is 90.4 cm³/mol. The average Bonchev–Trinajstić information content (AvgIpc) is 2.53. The molecule has 0 saturated heterocycles. The molecular weight excluding hydrogens is 296 g/mol. The Morgan fingerprint density at radius 3 is 1.96 bits per heavy atom. The highest BCUT2D eigenvalue weighted by atomic mass is 16.6. The van der Waals surface area contributed by atoms with Gasteiger partial charge in [-0.3, -0.25) is 0 Å². The zero-order valence-electron chi connectivity index (χ0n) is 14.6. The third-order valence-corrected chi connectivity index (χ3v) is 3.20. The summed E-state index contributed by atoms with van der Waals surface area (Å²) in [5.74, 6) is 0.918. The number of hydrogen-bond donors (Lipinski definition) is 0. The lowest BCUT2D eigenvalue weighted by Crippen LogP contribution is -2.13. The molecule has 0 fully saturated rings. The normalized spacial score (nSPS) is 10.9. The Bertz CT molecular complexity index is 408. The van der Waals surface area contributed by atoms with Crippen LogP contribution in [0.25, 0.3) is 0 Å². The molecule has 132 valence electrons. The maximum absolute atomic E-state index is 5.69. The van der Waals surface area contributed by atoms with E-state index in [9.17, 15) is 0 Å². The van der Waals surface area contributed by atoms with Gasteiger partial charge in [0.2, 0.25) is 0 Å². The molecule has 1 aromatic rings. The molecule has 0 aromatic heterocycles. The highest BCUT2D eigenvalue weighted by molar-refractivity contribution is 5.35. The van der Waals surface area contributed by atoms with Gasteiger partial charge in [0.05, 0.1) is 33.0 Å². The van der Waals surface area contributed by atoms with E-state index in [2.05, 4.69) is 13.0 Å². The van der Waals surface area contributed by atoms with Gasteiger partial charge in [-0.15, -0.1) is 0 Å². The first kappa shape index (κ1) is 19.9. The summed E-state index contributed by atoms with van der Waals surface area (Å²) in [5, 5.41) is 0.